The fourth-order valence-corrected chi connectivity index (χ4v) is 0.951. The van der Waals surface area contributed by atoms with Crippen LogP contribution in [0.5, 0.6) is 0 Å². The lowest BCUT2D eigenvalue weighted by Gasteiger charge is -2.03. The number of hydrogen-bond acceptors (Lipinski definition) is 2. The third-order valence-corrected chi connectivity index (χ3v) is 1.73. The van der Waals surface area contributed by atoms with Crippen LogP contribution >= 0.6 is 0 Å². The summed E-state index contributed by atoms with van der Waals surface area (Å²) in [5.41, 5.74) is 1.16. The monoisotopic (exact) mass is 124 g/mol. The summed E-state index contributed by atoms with van der Waals surface area (Å²) >= 11 is 0. The van der Waals surface area contributed by atoms with E-state index in [1.807, 2.05) is 6.92 Å². The highest BCUT2D eigenvalue weighted by molar-refractivity contribution is 5.15. The Labute approximate surface area is 55.7 Å². The molecule has 0 spiro atoms. The average molecular weight is 124 g/mol. The van der Waals surface area contributed by atoms with Gasteiger partial charge in [0.05, 0.1) is 12.1 Å². The first kappa shape index (κ1) is 6.46. The molecule has 0 fully saturated rings. The fraction of sp³-hybridized carbons (Fsp3) is 0.714. The predicted molar refractivity (Wildman–Crippen MR) is 37.5 cm³/mol. The van der Waals surface area contributed by atoms with E-state index in [1.54, 1.807) is 0 Å². The van der Waals surface area contributed by atoms with Crippen LogP contribution in [0.2, 0.25) is 0 Å². The minimum Gasteiger partial charge on any atom is -0.186 e. The molecule has 50 valence electrons. The summed E-state index contributed by atoms with van der Waals surface area (Å²) in [7, 11) is 0. The highest BCUT2D eigenvalue weighted by Crippen LogP contribution is 2.22. The van der Waals surface area contributed by atoms with Crippen molar-refractivity contribution in [3.05, 3.63) is 12.2 Å². The summed E-state index contributed by atoms with van der Waals surface area (Å²) in [5, 5.41) is 8.04. The zero-order valence-corrected chi connectivity index (χ0v) is 5.96. The molecule has 1 aliphatic heterocycles. The second-order valence-corrected chi connectivity index (χ2v) is 2.41. The van der Waals surface area contributed by atoms with Gasteiger partial charge in [0.25, 0.3) is 0 Å². The Hall–Kier alpha value is -0.660. The van der Waals surface area contributed by atoms with Crippen LogP contribution in [0.15, 0.2) is 22.4 Å². The van der Waals surface area contributed by atoms with Crippen molar-refractivity contribution in [1.29, 1.82) is 0 Å². The third kappa shape index (κ3) is 1.02. The van der Waals surface area contributed by atoms with Gasteiger partial charge >= 0.3 is 0 Å². The van der Waals surface area contributed by atoms with Crippen LogP contribution in [0.25, 0.3) is 0 Å². The van der Waals surface area contributed by atoms with Crippen molar-refractivity contribution in [2.75, 3.05) is 0 Å². The van der Waals surface area contributed by atoms with Gasteiger partial charge in [0, 0.05) is 0 Å². The lowest BCUT2D eigenvalue weighted by atomic mass is 10.0. The molecule has 2 nitrogen and oxygen atoms in total. The quantitative estimate of drug-likeness (QED) is 0.479. The summed E-state index contributed by atoms with van der Waals surface area (Å²) in [5.74, 6) is 0. The summed E-state index contributed by atoms with van der Waals surface area (Å²) in [6.07, 6.45) is 1.03. The number of azo groups is 1. The van der Waals surface area contributed by atoms with Gasteiger partial charge in [0.15, 0.2) is 0 Å². The Morgan fingerprint density at radius 2 is 2.22 bits per heavy atom. The summed E-state index contributed by atoms with van der Waals surface area (Å²) in [4.78, 5) is 0. The van der Waals surface area contributed by atoms with Crippen LogP contribution in [-0.2, 0) is 0 Å². The van der Waals surface area contributed by atoms with Gasteiger partial charge in [0.2, 0.25) is 0 Å². The third-order valence-electron chi connectivity index (χ3n) is 1.73. The van der Waals surface area contributed by atoms with E-state index >= 15 is 0 Å². The summed E-state index contributed by atoms with van der Waals surface area (Å²) < 4.78 is 0. The number of rotatable bonds is 1. The first-order chi connectivity index (χ1) is 4.25. The first-order valence-electron chi connectivity index (χ1n) is 3.34. The van der Waals surface area contributed by atoms with Crippen molar-refractivity contribution < 1.29 is 0 Å². The standard InChI is InChI=1S/C7H12N2/c1-4-7-5(2)6(3)8-9-7/h6-7H,2,4H2,1,3H3. The van der Waals surface area contributed by atoms with Crippen molar-refractivity contribution >= 4 is 0 Å². The van der Waals surface area contributed by atoms with Crippen LogP contribution in [0.4, 0.5) is 0 Å². The Kier molecular flexibility index (Phi) is 1.65. The molecule has 0 aliphatic carbocycles. The van der Waals surface area contributed by atoms with E-state index in [0.717, 1.165) is 12.0 Å². The van der Waals surface area contributed by atoms with E-state index in [4.69, 9.17) is 0 Å². The molecule has 0 bridgehead atoms. The fourth-order valence-electron chi connectivity index (χ4n) is 0.951. The van der Waals surface area contributed by atoms with E-state index in [9.17, 15) is 0 Å². The number of nitrogens with zero attached hydrogens (tertiary/aromatic N) is 2. The molecular weight excluding hydrogens is 112 g/mol. The van der Waals surface area contributed by atoms with Crippen molar-refractivity contribution in [1.82, 2.24) is 0 Å². The highest BCUT2D eigenvalue weighted by Gasteiger charge is 2.20. The van der Waals surface area contributed by atoms with Gasteiger partial charge in [-0.05, 0) is 18.9 Å². The van der Waals surface area contributed by atoms with Crippen LogP contribution in [0.3, 0.4) is 0 Å². The van der Waals surface area contributed by atoms with E-state index in [1.165, 1.54) is 0 Å². The molecule has 9 heavy (non-hydrogen) atoms. The minimum absolute atomic E-state index is 0.259. The lowest BCUT2D eigenvalue weighted by molar-refractivity contribution is 0.751. The van der Waals surface area contributed by atoms with Gasteiger partial charge in [-0.25, -0.2) is 0 Å². The van der Waals surface area contributed by atoms with Crippen LogP contribution < -0.4 is 0 Å². The maximum absolute atomic E-state index is 4.04. The van der Waals surface area contributed by atoms with E-state index in [-0.39, 0.29) is 6.04 Å². The molecule has 2 heteroatoms. The van der Waals surface area contributed by atoms with E-state index in [0.29, 0.717) is 6.04 Å². The SMILES string of the molecule is C=C1C(C)N=NC1CC. The van der Waals surface area contributed by atoms with E-state index in [2.05, 4.69) is 23.7 Å². The molecule has 1 rings (SSSR count). The van der Waals surface area contributed by atoms with E-state index < -0.39 is 0 Å². The number of hydrogen-bond donors (Lipinski definition) is 0. The molecular formula is C7H12N2. The molecule has 2 unspecified atom stereocenters. The van der Waals surface area contributed by atoms with Gasteiger partial charge in [-0.2, -0.15) is 10.2 Å². The van der Waals surface area contributed by atoms with Gasteiger partial charge in [-0.15, -0.1) is 0 Å². The molecule has 0 amide bonds. The van der Waals surface area contributed by atoms with Crippen LogP contribution in [0, 0.1) is 0 Å². The maximum Gasteiger partial charge on any atom is 0.0933 e. The van der Waals surface area contributed by atoms with Crippen LogP contribution in [0.1, 0.15) is 20.3 Å². The molecule has 2 atom stereocenters. The maximum atomic E-state index is 4.04. The molecule has 0 radical (unpaired) electrons. The molecule has 1 heterocycles. The Morgan fingerprint density at radius 1 is 1.56 bits per heavy atom. The predicted octanol–water partition coefficient (Wildman–Crippen LogP) is 2.18. The molecule has 0 aromatic heterocycles. The lowest BCUT2D eigenvalue weighted by Crippen LogP contribution is -2.06. The molecule has 0 saturated carbocycles. The molecule has 0 aromatic carbocycles. The normalized spacial score (nSPS) is 33.8. The highest BCUT2D eigenvalue weighted by atomic mass is 15.2. The molecule has 1 aliphatic rings. The van der Waals surface area contributed by atoms with Crippen molar-refractivity contribution in [2.24, 2.45) is 10.2 Å². The summed E-state index contributed by atoms with van der Waals surface area (Å²) in [6, 6.07) is 0.565. The molecule has 0 saturated heterocycles. The van der Waals surface area contributed by atoms with Gasteiger partial charge in [0.1, 0.15) is 0 Å². The molecule has 0 N–H and O–H groups in total. The zero-order valence-electron chi connectivity index (χ0n) is 5.96. The van der Waals surface area contributed by atoms with Gasteiger partial charge < -0.3 is 0 Å². The smallest absolute Gasteiger partial charge is 0.0933 e. The topological polar surface area (TPSA) is 24.7 Å². The second kappa shape index (κ2) is 2.29. The first-order valence-corrected chi connectivity index (χ1v) is 3.34. The van der Waals surface area contributed by atoms with Crippen molar-refractivity contribution in [2.45, 2.75) is 32.4 Å². The Morgan fingerprint density at radius 3 is 2.44 bits per heavy atom. The minimum atomic E-state index is 0.259. The van der Waals surface area contributed by atoms with Crippen LogP contribution in [-0.4, -0.2) is 12.1 Å². The Bertz CT molecular complexity index is 149. The second-order valence-electron chi connectivity index (χ2n) is 2.41. The van der Waals surface area contributed by atoms with Gasteiger partial charge in [-0.1, -0.05) is 13.5 Å². The summed E-state index contributed by atoms with van der Waals surface area (Å²) in [6.45, 7) is 8.03. The zero-order chi connectivity index (χ0) is 6.85. The average Bonchev–Trinajstić information content (AvgIpc) is 2.15. The largest absolute Gasteiger partial charge is 0.186 e. The molecule has 0 aromatic rings. The Balaban J connectivity index is 2.62. The van der Waals surface area contributed by atoms with Crippen molar-refractivity contribution in [3.8, 4) is 0 Å². The van der Waals surface area contributed by atoms with Gasteiger partial charge in [-0.3, -0.25) is 0 Å². The van der Waals surface area contributed by atoms with Crippen molar-refractivity contribution in [3.63, 3.8) is 0 Å².